The Morgan fingerprint density at radius 3 is 2.48 bits per heavy atom. The summed E-state index contributed by atoms with van der Waals surface area (Å²) in [5.41, 5.74) is 0.543. The predicted octanol–water partition coefficient (Wildman–Crippen LogP) is 3.33. The van der Waals surface area contributed by atoms with Crippen LogP contribution in [0.5, 0.6) is 5.75 Å². The molecule has 6 nitrogen and oxygen atoms in total. The fourth-order valence-electron chi connectivity index (χ4n) is 2.29. The van der Waals surface area contributed by atoms with Crippen LogP contribution in [0.1, 0.15) is 16.1 Å². The Bertz CT molecular complexity index is 956. The molecule has 27 heavy (non-hydrogen) atoms. The average Bonchev–Trinajstić information content (AvgIpc) is 2.69. The number of halogens is 1. The SMILES string of the molecule is O=C(OCc1ccc(Cl)cc1)c1ccc(=O)n(CCOc2ccccc2)n1. The number of rotatable bonds is 7. The van der Waals surface area contributed by atoms with Gasteiger partial charge in [-0.15, -0.1) is 0 Å². The summed E-state index contributed by atoms with van der Waals surface area (Å²) in [5.74, 6) is 0.0896. The summed E-state index contributed by atoms with van der Waals surface area (Å²) in [6, 6.07) is 18.9. The predicted molar refractivity (Wildman–Crippen MR) is 101 cm³/mol. The highest BCUT2D eigenvalue weighted by Crippen LogP contribution is 2.11. The summed E-state index contributed by atoms with van der Waals surface area (Å²) < 4.78 is 12.0. The van der Waals surface area contributed by atoms with Gasteiger partial charge < -0.3 is 9.47 Å². The van der Waals surface area contributed by atoms with Crippen LogP contribution in [-0.2, 0) is 17.9 Å². The number of aromatic nitrogens is 2. The molecule has 0 N–H and O–H groups in total. The maximum Gasteiger partial charge on any atom is 0.359 e. The van der Waals surface area contributed by atoms with Crippen molar-refractivity contribution < 1.29 is 14.3 Å². The van der Waals surface area contributed by atoms with E-state index in [1.807, 2.05) is 30.3 Å². The van der Waals surface area contributed by atoms with Crippen molar-refractivity contribution in [3.8, 4) is 5.75 Å². The van der Waals surface area contributed by atoms with Gasteiger partial charge in [0.05, 0.1) is 6.54 Å². The van der Waals surface area contributed by atoms with Crippen molar-refractivity contribution in [2.24, 2.45) is 0 Å². The van der Waals surface area contributed by atoms with E-state index in [1.165, 1.54) is 16.8 Å². The number of ether oxygens (including phenoxy) is 2. The zero-order chi connectivity index (χ0) is 19.1. The number of hydrogen-bond acceptors (Lipinski definition) is 5. The van der Waals surface area contributed by atoms with Gasteiger partial charge in [-0.25, -0.2) is 9.48 Å². The van der Waals surface area contributed by atoms with Crippen LogP contribution in [0.15, 0.2) is 71.5 Å². The minimum Gasteiger partial charge on any atom is -0.492 e. The van der Waals surface area contributed by atoms with Crippen LogP contribution in [0.25, 0.3) is 0 Å². The van der Waals surface area contributed by atoms with Crippen LogP contribution in [0.4, 0.5) is 0 Å². The minimum atomic E-state index is -0.609. The second kappa shape index (κ2) is 9.00. The van der Waals surface area contributed by atoms with Crippen molar-refractivity contribution in [3.63, 3.8) is 0 Å². The van der Waals surface area contributed by atoms with E-state index in [9.17, 15) is 9.59 Å². The molecule has 0 saturated carbocycles. The molecule has 0 aliphatic carbocycles. The van der Waals surface area contributed by atoms with Gasteiger partial charge in [0, 0.05) is 11.1 Å². The molecule has 2 aromatic carbocycles. The first-order valence-electron chi connectivity index (χ1n) is 8.29. The molecule has 0 unspecified atom stereocenters. The molecular weight excluding hydrogens is 368 g/mol. The van der Waals surface area contributed by atoms with Gasteiger partial charge in [0.2, 0.25) is 0 Å². The minimum absolute atomic E-state index is 0.0586. The lowest BCUT2D eigenvalue weighted by atomic mass is 10.2. The fourth-order valence-corrected chi connectivity index (χ4v) is 2.41. The smallest absolute Gasteiger partial charge is 0.359 e. The zero-order valence-electron chi connectivity index (χ0n) is 14.4. The molecule has 7 heteroatoms. The quantitative estimate of drug-likeness (QED) is 0.584. The third kappa shape index (κ3) is 5.43. The van der Waals surface area contributed by atoms with E-state index in [2.05, 4.69) is 5.10 Å². The third-order valence-corrected chi connectivity index (χ3v) is 3.93. The highest BCUT2D eigenvalue weighted by Gasteiger charge is 2.11. The molecule has 0 aliphatic rings. The fraction of sp³-hybridized carbons (Fsp3) is 0.150. The van der Waals surface area contributed by atoms with Gasteiger partial charge >= 0.3 is 5.97 Å². The lowest BCUT2D eigenvalue weighted by Gasteiger charge is -2.09. The molecule has 1 heterocycles. The highest BCUT2D eigenvalue weighted by atomic mass is 35.5. The largest absolute Gasteiger partial charge is 0.492 e. The van der Waals surface area contributed by atoms with Gasteiger partial charge in [-0.1, -0.05) is 41.9 Å². The first-order valence-corrected chi connectivity index (χ1v) is 8.67. The molecule has 0 radical (unpaired) electrons. The maximum absolute atomic E-state index is 12.2. The van der Waals surface area contributed by atoms with E-state index in [-0.39, 0.29) is 31.0 Å². The van der Waals surface area contributed by atoms with Gasteiger partial charge in [0.1, 0.15) is 19.0 Å². The first-order chi connectivity index (χ1) is 13.1. The number of carbonyl (C=O) groups excluding carboxylic acids is 1. The summed E-state index contributed by atoms with van der Waals surface area (Å²) >= 11 is 5.82. The molecule has 0 fully saturated rings. The van der Waals surface area contributed by atoms with Crippen molar-refractivity contribution in [2.75, 3.05) is 6.61 Å². The number of esters is 1. The maximum atomic E-state index is 12.2. The van der Waals surface area contributed by atoms with E-state index in [0.717, 1.165) is 5.56 Å². The van der Waals surface area contributed by atoms with Crippen molar-refractivity contribution in [1.29, 1.82) is 0 Å². The Kier molecular flexibility index (Phi) is 6.22. The monoisotopic (exact) mass is 384 g/mol. The number of para-hydroxylation sites is 1. The number of hydrogen-bond donors (Lipinski definition) is 0. The first kappa shape index (κ1) is 18.7. The van der Waals surface area contributed by atoms with Crippen LogP contribution in [0.2, 0.25) is 5.02 Å². The second-order valence-electron chi connectivity index (χ2n) is 5.64. The number of benzene rings is 2. The van der Waals surface area contributed by atoms with Crippen LogP contribution in [-0.4, -0.2) is 22.4 Å². The molecule has 0 aliphatic heterocycles. The molecular formula is C20H17ClN2O4. The lowest BCUT2D eigenvalue weighted by Crippen LogP contribution is -2.27. The second-order valence-corrected chi connectivity index (χ2v) is 6.08. The molecule has 0 amide bonds. The van der Waals surface area contributed by atoms with E-state index in [1.54, 1.807) is 24.3 Å². The Labute approximate surface area is 160 Å². The highest BCUT2D eigenvalue weighted by molar-refractivity contribution is 6.30. The molecule has 138 valence electrons. The van der Waals surface area contributed by atoms with E-state index >= 15 is 0 Å². The number of carbonyl (C=O) groups is 1. The summed E-state index contributed by atoms with van der Waals surface area (Å²) in [7, 11) is 0. The van der Waals surface area contributed by atoms with Crippen LogP contribution >= 0.6 is 11.6 Å². The van der Waals surface area contributed by atoms with Gasteiger partial charge in [0.25, 0.3) is 5.56 Å². The van der Waals surface area contributed by atoms with Gasteiger partial charge in [0.15, 0.2) is 5.69 Å². The molecule has 0 bridgehead atoms. The summed E-state index contributed by atoms with van der Waals surface area (Å²) in [4.78, 5) is 24.1. The molecule has 0 atom stereocenters. The lowest BCUT2D eigenvalue weighted by molar-refractivity contribution is 0.0462. The normalized spacial score (nSPS) is 10.4. The van der Waals surface area contributed by atoms with E-state index < -0.39 is 5.97 Å². The summed E-state index contributed by atoms with van der Waals surface area (Å²) in [6.07, 6.45) is 0. The van der Waals surface area contributed by atoms with Crippen molar-refractivity contribution in [3.05, 3.63) is 93.4 Å². The molecule has 0 saturated heterocycles. The zero-order valence-corrected chi connectivity index (χ0v) is 15.1. The average molecular weight is 385 g/mol. The molecule has 0 spiro atoms. The Morgan fingerprint density at radius 2 is 1.74 bits per heavy atom. The summed E-state index contributed by atoms with van der Waals surface area (Å²) in [5, 5.41) is 4.67. The van der Waals surface area contributed by atoms with Crippen LogP contribution < -0.4 is 10.3 Å². The Balaban J connectivity index is 1.59. The van der Waals surface area contributed by atoms with E-state index in [4.69, 9.17) is 21.1 Å². The van der Waals surface area contributed by atoms with Crippen LogP contribution in [0, 0.1) is 0 Å². The molecule has 3 rings (SSSR count). The van der Waals surface area contributed by atoms with Crippen molar-refractivity contribution >= 4 is 17.6 Å². The summed E-state index contributed by atoms with van der Waals surface area (Å²) in [6.45, 7) is 0.556. The van der Waals surface area contributed by atoms with Gasteiger partial charge in [-0.2, -0.15) is 5.10 Å². The Hall–Kier alpha value is -3.12. The third-order valence-electron chi connectivity index (χ3n) is 3.67. The number of nitrogens with zero attached hydrogens (tertiary/aromatic N) is 2. The standard InChI is InChI=1S/C20H17ClN2O4/c21-16-8-6-15(7-9-16)14-27-20(25)18-10-11-19(24)23(22-18)12-13-26-17-4-2-1-3-5-17/h1-11H,12-14H2. The van der Waals surface area contributed by atoms with Crippen LogP contribution in [0.3, 0.4) is 0 Å². The van der Waals surface area contributed by atoms with Crippen molar-refractivity contribution in [2.45, 2.75) is 13.2 Å². The van der Waals surface area contributed by atoms with Gasteiger partial charge in [-0.3, -0.25) is 4.79 Å². The molecule has 1 aromatic heterocycles. The van der Waals surface area contributed by atoms with E-state index in [0.29, 0.717) is 10.8 Å². The van der Waals surface area contributed by atoms with Crippen molar-refractivity contribution in [1.82, 2.24) is 9.78 Å². The van der Waals surface area contributed by atoms with Gasteiger partial charge in [-0.05, 0) is 35.9 Å². The molecule has 3 aromatic rings. The topological polar surface area (TPSA) is 70.4 Å². The Morgan fingerprint density at radius 1 is 1.00 bits per heavy atom.